The van der Waals surface area contributed by atoms with Crippen molar-refractivity contribution >= 4 is 16.0 Å². The summed E-state index contributed by atoms with van der Waals surface area (Å²) < 4.78 is 25.2. The number of benzene rings is 1. The summed E-state index contributed by atoms with van der Waals surface area (Å²) in [6.45, 7) is 2.68. The molecular weight excluding hydrogens is 280 g/mol. The van der Waals surface area contributed by atoms with E-state index in [-0.39, 0.29) is 12.1 Å². The standard InChI is InChI=1S/C13H14N2O4S/c1-2-7-15(9-13(16)17)20(18,19)10-12-6-4-3-5-11(12)8-14/h2-6H,1,7,9-10H2,(H,16,17). The predicted molar refractivity (Wildman–Crippen MR) is 73.2 cm³/mol. The van der Waals surface area contributed by atoms with E-state index < -0.39 is 28.3 Å². The first-order valence-corrected chi connectivity index (χ1v) is 7.30. The smallest absolute Gasteiger partial charge is 0.318 e. The van der Waals surface area contributed by atoms with E-state index in [1.807, 2.05) is 6.07 Å². The van der Waals surface area contributed by atoms with Gasteiger partial charge in [0, 0.05) is 6.54 Å². The zero-order valence-electron chi connectivity index (χ0n) is 10.7. The van der Waals surface area contributed by atoms with Gasteiger partial charge in [-0.1, -0.05) is 24.3 Å². The van der Waals surface area contributed by atoms with Crippen molar-refractivity contribution in [1.29, 1.82) is 5.26 Å². The molecule has 0 aliphatic carbocycles. The lowest BCUT2D eigenvalue weighted by Gasteiger charge is -2.18. The minimum Gasteiger partial charge on any atom is -0.480 e. The fourth-order valence-electron chi connectivity index (χ4n) is 1.61. The Morgan fingerprint density at radius 3 is 2.65 bits per heavy atom. The van der Waals surface area contributed by atoms with E-state index in [0.29, 0.717) is 5.56 Å². The molecule has 0 spiro atoms. The predicted octanol–water partition coefficient (Wildman–Crippen LogP) is 0.961. The molecule has 1 N–H and O–H groups in total. The molecule has 0 atom stereocenters. The summed E-state index contributed by atoms with van der Waals surface area (Å²) in [5.74, 6) is -1.67. The van der Waals surface area contributed by atoms with Crippen LogP contribution < -0.4 is 0 Å². The summed E-state index contributed by atoms with van der Waals surface area (Å²) in [6.07, 6.45) is 1.32. The van der Waals surface area contributed by atoms with Gasteiger partial charge in [0.2, 0.25) is 10.0 Å². The molecule has 0 heterocycles. The summed E-state index contributed by atoms with van der Waals surface area (Å²) in [6, 6.07) is 8.21. The first-order valence-electron chi connectivity index (χ1n) is 5.69. The molecule has 0 radical (unpaired) electrons. The van der Waals surface area contributed by atoms with Crippen LogP contribution in [0.3, 0.4) is 0 Å². The topological polar surface area (TPSA) is 98.5 Å². The zero-order chi connectivity index (χ0) is 15.2. The molecule has 1 rings (SSSR count). The molecule has 0 aliphatic heterocycles. The third kappa shape index (κ3) is 4.19. The maximum absolute atomic E-state index is 12.2. The lowest BCUT2D eigenvalue weighted by atomic mass is 10.1. The van der Waals surface area contributed by atoms with Crippen molar-refractivity contribution in [2.45, 2.75) is 5.75 Å². The Morgan fingerprint density at radius 1 is 1.45 bits per heavy atom. The third-order valence-electron chi connectivity index (χ3n) is 2.51. The summed E-state index contributed by atoms with van der Waals surface area (Å²) in [5.41, 5.74) is 0.597. The van der Waals surface area contributed by atoms with Crippen LogP contribution in [0, 0.1) is 11.3 Å². The van der Waals surface area contributed by atoms with Crippen LogP contribution in [-0.4, -0.2) is 36.9 Å². The van der Waals surface area contributed by atoms with E-state index in [9.17, 15) is 13.2 Å². The lowest BCUT2D eigenvalue weighted by molar-refractivity contribution is -0.137. The van der Waals surface area contributed by atoms with E-state index >= 15 is 0 Å². The molecule has 20 heavy (non-hydrogen) atoms. The van der Waals surface area contributed by atoms with Gasteiger partial charge in [0.25, 0.3) is 0 Å². The SMILES string of the molecule is C=CCN(CC(=O)O)S(=O)(=O)Cc1ccccc1C#N. The highest BCUT2D eigenvalue weighted by molar-refractivity contribution is 7.88. The molecule has 1 aromatic carbocycles. The van der Waals surface area contributed by atoms with Crippen molar-refractivity contribution in [2.24, 2.45) is 0 Å². The molecule has 0 unspecified atom stereocenters. The van der Waals surface area contributed by atoms with Gasteiger partial charge in [0.15, 0.2) is 0 Å². The molecule has 7 heteroatoms. The number of aliphatic carboxylic acids is 1. The summed E-state index contributed by atoms with van der Waals surface area (Å²) in [5, 5.41) is 17.7. The lowest BCUT2D eigenvalue weighted by Crippen LogP contribution is -2.36. The Balaban J connectivity index is 3.06. The van der Waals surface area contributed by atoms with Gasteiger partial charge >= 0.3 is 5.97 Å². The van der Waals surface area contributed by atoms with Crippen LogP contribution in [0.25, 0.3) is 0 Å². The van der Waals surface area contributed by atoms with Crippen LogP contribution in [0.2, 0.25) is 0 Å². The van der Waals surface area contributed by atoms with Crippen molar-refractivity contribution in [3.8, 4) is 6.07 Å². The van der Waals surface area contributed by atoms with Crippen LogP contribution in [-0.2, 0) is 20.6 Å². The first kappa shape index (κ1) is 15.9. The molecule has 0 saturated heterocycles. The van der Waals surface area contributed by atoms with Gasteiger partial charge in [-0.05, 0) is 11.6 Å². The number of hydrogen-bond donors (Lipinski definition) is 1. The van der Waals surface area contributed by atoms with Crippen molar-refractivity contribution < 1.29 is 18.3 Å². The Kier molecular flexibility index (Phi) is 5.43. The number of nitriles is 1. The normalized spacial score (nSPS) is 11.0. The molecule has 0 amide bonds. The fraction of sp³-hybridized carbons (Fsp3) is 0.231. The van der Waals surface area contributed by atoms with Crippen LogP contribution in [0.15, 0.2) is 36.9 Å². The van der Waals surface area contributed by atoms with E-state index in [2.05, 4.69) is 6.58 Å². The number of carboxylic acids is 1. The van der Waals surface area contributed by atoms with E-state index in [4.69, 9.17) is 10.4 Å². The number of sulfonamides is 1. The zero-order valence-corrected chi connectivity index (χ0v) is 11.5. The van der Waals surface area contributed by atoms with Crippen LogP contribution in [0.1, 0.15) is 11.1 Å². The van der Waals surface area contributed by atoms with Gasteiger partial charge in [0.1, 0.15) is 6.54 Å². The summed E-state index contributed by atoms with van der Waals surface area (Å²) >= 11 is 0. The van der Waals surface area contributed by atoms with E-state index in [1.165, 1.54) is 18.2 Å². The molecule has 0 aliphatic rings. The van der Waals surface area contributed by atoms with E-state index in [0.717, 1.165) is 4.31 Å². The number of carbonyl (C=O) groups is 1. The minimum atomic E-state index is -3.84. The van der Waals surface area contributed by atoms with Crippen LogP contribution >= 0.6 is 0 Å². The van der Waals surface area contributed by atoms with Gasteiger partial charge in [-0.3, -0.25) is 4.79 Å². The highest BCUT2D eigenvalue weighted by Crippen LogP contribution is 2.14. The highest BCUT2D eigenvalue weighted by atomic mass is 32.2. The van der Waals surface area contributed by atoms with Crippen LogP contribution in [0.4, 0.5) is 0 Å². The van der Waals surface area contributed by atoms with Gasteiger partial charge in [-0.2, -0.15) is 9.57 Å². The fourth-order valence-corrected chi connectivity index (χ4v) is 3.08. The van der Waals surface area contributed by atoms with Crippen molar-refractivity contribution in [3.05, 3.63) is 48.0 Å². The average molecular weight is 294 g/mol. The molecule has 6 nitrogen and oxygen atoms in total. The molecule has 0 aromatic heterocycles. The Labute approximate surface area is 117 Å². The number of hydrogen-bond acceptors (Lipinski definition) is 4. The second kappa shape index (κ2) is 6.84. The first-order chi connectivity index (χ1) is 9.40. The Hall–Kier alpha value is -2.17. The van der Waals surface area contributed by atoms with Gasteiger partial charge < -0.3 is 5.11 Å². The molecule has 0 bridgehead atoms. The number of nitrogens with zero attached hydrogens (tertiary/aromatic N) is 2. The third-order valence-corrected chi connectivity index (χ3v) is 4.25. The second-order valence-electron chi connectivity index (χ2n) is 4.00. The molecule has 0 fully saturated rings. The second-order valence-corrected chi connectivity index (χ2v) is 5.97. The summed E-state index contributed by atoms with van der Waals surface area (Å²) in [4.78, 5) is 10.7. The maximum Gasteiger partial charge on any atom is 0.318 e. The van der Waals surface area contributed by atoms with E-state index in [1.54, 1.807) is 12.1 Å². The Bertz CT molecular complexity index is 647. The monoisotopic (exact) mass is 294 g/mol. The number of carboxylic acid groups (broad SMARTS) is 1. The van der Waals surface area contributed by atoms with Gasteiger partial charge in [-0.15, -0.1) is 6.58 Å². The number of rotatable bonds is 7. The van der Waals surface area contributed by atoms with Gasteiger partial charge in [0.05, 0.1) is 17.4 Å². The quantitative estimate of drug-likeness (QED) is 0.755. The summed E-state index contributed by atoms with van der Waals surface area (Å²) in [7, 11) is -3.84. The van der Waals surface area contributed by atoms with Crippen molar-refractivity contribution in [1.82, 2.24) is 4.31 Å². The largest absolute Gasteiger partial charge is 0.480 e. The average Bonchev–Trinajstić information content (AvgIpc) is 2.38. The Morgan fingerprint density at radius 2 is 2.10 bits per heavy atom. The van der Waals surface area contributed by atoms with Crippen molar-refractivity contribution in [3.63, 3.8) is 0 Å². The van der Waals surface area contributed by atoms with Crippen molar-refractivity contribution in [2.75, 3.05) is 13.1 Å². The minimum absolute atomic E-state index is 0.0939. The van der Waals surface area contributed by atoms with Gasteiger partial charge in [-0.25, -0.2) is 8.42 Å². The molecule has 0 saturated carbocycles. The molecule has 106 valence electrons. The highest BCUT2D eigenvalue weighted by Gasteiger charge is 2.24. The molecular formula is C13H14N2O4S. The van der Waals surface area contributed by atoms with Crippen LogP contribution in [0.5, 0.6) is 0 Å². The molecule has 1 aromatic rings. The maximum atomic E-state index is 12.2.